The van der Waals surface area contributed by atoms with Crippen molar-refractivity contribution in [2.24, 2.45) is 0 Å². The van der Waals surface area contributed by atoms with Crippen LogP contribution in [0.3, 0.4) is 0 Å². The molecular formula is C21H18ClNO3. The van der Waals surface area contributed by atoms with Gasteiger partial charge in [0.05, 0.1) is 5.56 Å². The summed E-state index contributed by atoms with van der Waals surface area (Å²) in [5, 5.41) is 1.79. The summed E-state index contributed by atoms with van der Waals surface area (Å²) < 4.78 is 11.7. The number of hydrogen-bond donors (Lipinski definition) is 0. The van der Waals surface area contributed by atoms with E-state index in [0.29, 0.717) is 18.9 Å². The minimum atomic E-state index is -0.189. The molecule has 2 heterocycles. The fourth-order valence-electron chi connectivity index (χ4n) is 4.09. The molecule has 5 heteroatoms. The molecule has 4 nitrogen and oxygen atoms in total. The standard InChI is InChI=1S/C21H18ClNO3/c22-14-4-1-3-13(9-14)10-23-11-18-19(25-12-23)8-7-16-15-5-2-6-17(15)21(24)26-20(16)18/h1,3-4,7-9H,2,5-6,10-12H2. The van der Waals surface area contributed by atoms with Crippen LogP contribution in [0, 0.1) is 0 Å². The van der Waals surface area contributed by atoms with E-state index in [2.05, 4.69) is 11.0 Å². The second-order valence-corrected chi connectivity index (χ2v) is 7.45. The predicted octanol–water partition coefficient (Wildman–Crippen LogP) is 4.29. The van der Waals surface area contributed by atoms with Crippen LogP contribution < -0.4 is 10.4 Å². The lowest BCUT2D eigenvalue weighted by Gasteiger charge is -2.29. The Morgan fingerprint density at radius 3 is 2.85 bits per heavy atom. The monoisotopic (exact) mass is 367 g/mol. The summed E-state index contributed by atoms with van der Waals surface area (Å²) in [4.78, 5) is 14.6. The van der Waals surface area contributed by atoms with Gasteiger partial charge in [0.1, 0.15) is 18.1 Å². The fraction of sp³-hybridized carbons (Fsp3) is 0.286. The topological polar surface area (TPSA) is 42.7 Å². The van der Waals surface area contributed by atoms with Gasteiger partial charge in [0.2, 0.25) is 0 Å². The van der Waals surface area contributed by atoms with Gasteiger partial charge in [0.25, 0.3) is 0 Å². The zero-order valence-corrected chi connectivity index (χ0v) is 15.0. The van der Waals surface area contributed by atoms with Gasteiger partial charge in [-0.2, -0.15) is 0 Å². The largest absolute Gasteiger partial charge is 0.478 e. The van der Waals surface area contributed by atoms with E-state index in [4.69, 9.17) is 20.8 Å². The molecule has 0 radical (unpaired) electrons. The van der Waals surface area contributed by atoms with E-state index in [1.54, 1.807) is 0 Å². The van der Waals surface area contributed by atoms with Crippen LogP contribution in [0.15, 0.2) is 45.6 Å². The zero-order valence-electron chi connectivity index (χ0n) is 14.3. The number of ether oxygens (including phenoxy) is 1. The van der Waals surface area contributed by atoms with E-state index >= 15 is 0 Å². The first-order chi connectivity index (χ1) is 12.7. The van der Waals surface area contributed by atoms with Gasteiger partial charge in [-0.1, -0.05) is 23.7 Å². The first kappa shape index (κ1) is 15.9. The van der Waals surface area contributed by atoms with Crippen LogP contribution in [0.5, 0.6) is 5.75 Å². The highest BCUT2D eigenvalue weighted by molar-refractivity contribution is 6.30. The molecule has 132 valence electrons. The van der Waals surface area contributed by atoms with Crippen molar-refractivity contribution in [2.75, 3.05) is 6.73 Å². The molecule has 26 heavy (non-hydrogen) atoms. The average Bonchev–Trinajstić information content (AvgIpc) is 3.13. The SMILES string of the molecule is O=c1oc2c3c(ccc2c2c1CCC2)OCN(Cc1cccc(Cl)c1)C3. The van der Waals surface area contributed by atoms with E-state index in [1.165, 1.54) is 0 Å². The molecule has 1 aliphatic carbocycles. The van der Waals surface area contributed by atoms with Gasteiger partial charge in [-0.05, 0) is 54.7 Å². The number of aryl methyl sites for hydroxylation is 1. The number of fused-ring (bicyclic) bond motifs is 5. The smallest absolute Gasteiger partial charge is 0.339 e. The van der Waals surface area contributed by atoms with Crippen molar-refractivity contribution in [1.82, 2.24) is 4.90 Å². The first-order valence-corrected chi connectivity index (χ1v) is 9.27. The molecular weight excluding hydrogens is 350 g/mol. The molecule has 1 aromatic heterocycles. The zero-order chi connectivity index (χ0) is 17.7. The third-order valence-corrected chi connectivity index (χ3v) is 5.52. The Morgan fingerprint density at radius 1 is 1.08 bits per heavy atom. The van der Waals surface area contributed by atoms with Crippen LogP contribution in [-0.2, 0) is 25.9 Å². The van der Waals surface area contributed by atoms with E-state index < -0.39 is 0 Å². The van der Waals surface area contributed by atoms with Gasteiger partial charge in [-0.25, -0.2) is 4.79 Å². The highest BCUT2D eigenvalue weighted by atomic mass is 35.5. The van der Waals surface area contributed by atoms with Crippen molar-refractivity contribution in [3.63, 3.8) is 0 Å². The molecule has 0 spiro atoms. The third-order valence-electron chi connectivity index (χ3n) is 5.28. The minimum absolute atomic E-state index is 0.189. The Balaban J connectivity index is 1.55. The summed E-state index contributed by atoms with van der Waals surface area (Å²) in [6, 6.07) is 11.9. The first-order valence-electron chi connectivity index (χ1n) is 8.89. The van der Waals surface area contributed by atoms with Crippen molar-refractivity contribution in [3.05, 3.63) is 74.1 Å². The second kappa shape index (κ2) is 6.15. The van der Waals surface area contributed by atoms with Gasteiger partial charge in [-0.15, -0.1) is 0 Å². The van der Waals surface area contributed by atoms with Crippen LogP contribution in [0.4, 0.5) is 0 Å². The Morgan fingerprint density at radius 2 is 1.96 bits per heavy atom. The number of rotatable bonds is 2. The lowest BCUT2D eigenvalue weighted by atomic mass is 10.0. The summed E-state index contributed by atoms with van der Waals surface area (Å²) >= 11 is 6.09. The van der Waals surface area contributed by atoms with E-state index in [0.717, 1.165) is 64.2 Å². The van der Waals surface area contributed by atoms with Crippen LogP contribution in [-0.4, -0.2) is 11.6 Å². The van der Waals surface area contributed by atoms with Crippen LogP contribution >= 0.6 is 11.6 Å². The molecule has 0 atom stereocenters. The lowest BCUT2D eigenvalue weighted by Crippen LogP contribution is -2.31. The summed E-state index contributed by atoms with van der Waals surface area (Å²) in [5.41, 5.74) is 4.60. The Hall–Kier alpha value is -2.30. The number of benzene rings is 2. The average molecular weight is 368 g/mol. The molecule has 2 aromatic carbocycles. The minimum Gasteiger partial charge on any atom is -0.478 e. The van der Waals surface area contributed by atoms with E-state index in [9.17, 15) is 4.79 Å². The van der Waals surface area contributed by atoms with E-state index in [1.807, 2.05) is 30.3 Å². The normalized spacial score (nSPS) is 16.3. The highest BCUT2D eigenvalue weighted by Gasteiger charge is 2.25. The maximum absolute atomic E-state index is 12.4. The Kier molecular flexibility index (Phi) is 3.76. The number of nitrogens with zero attached hydrogens (tertiary/aromatic N) is 1. The van der Waals surface area contributed by atoms with Crippen LogP contribution in [0.25, 0.3) is 11.0 Å². The number of hydrogen-bond acceptors (Lipinski definition) is 4. The van der Waals surface area contributed by atoms with E-state index in [-0.39, 0.29) is 5.63 Å². The van der Waals surface area contributed by atoms with Crippen molar-refractivity contribution in [3.8, 4) is 5.75 Å². The van der Waals surface area contributed by atoms with Gasteiger partial charge >= 0.3 is 5.63 Å². The van der Waals surface area contributed by atoms with Gasteiger partial charge < -0.3 is 9.15 Å². The third kappa shape index (κ3) is 2.61. The van der Waals surface area contributed by atoms with Crippen molar-refractivity contribution in [2.45, 2.75) is 32.4 Å². The Bertz CT molecular complexity index is 1070. The molecule has 5 rings (SSSR count). The van der Waals surface area contributed by atoms with Crippen molar-refractivity contribution >= 4 is 22.6 Å². The van der Waals surface area contributed by atoms with Gasteiger partial charge in [-0.3, -0.25) is 4.90 Å². The predicted molar refractivity (Wildman–Crippen MR) is 101 cm³/mol. The quantitative estimate of drug-likeness (QED) is 0.634. The summed E-state index contributed by atoms with van der Waals surface area (Å²) in [7, 11) is 0. The van der Waals surface area contributed by atoms with Gasteiger partial charge in [0, 0.05) is 29.1 Å². The molecule has 3 aromatic rings. The lowest BCUT2D eigenvalue weighted by molar-refractivity contribution is 0.0889. The molecule has 0 unspecified atom stereocenters. The molecule has 0 bridgehead atoms. The summed E-state index contributed by atoms with van der Waals surface area (Å²) in [5.74, 6) is 0.806. The molecule has 0 saturated heterocycles. The molecule has 0 fully saturated rings. The maximum atomic E-state index is 12.4. The molecule has 0 amide bonds. The van der Waals surface area contributed by atoms with Crippen molar-refractivity contribution in [1.29, 1.82) is 0 Å². The second-order valence-electron chi connectivity index (χ2n) is 7.01. The van der Waals surface area contributed by atoms with Gasteiger partial charge in [0.15, 0.2) is 0 Å². The van der Waals surface area contributed by atoms with Crippen molar-refractivity contribution < 1.29 is 9.15 Å². The molecule has 0 N–H and O–H groups in total. The van der Waals surface area contributed by atoms with Crippen LogP contribution in [0.1, 0.15) is 28.7 Å². The molecule has 0 saturated carbocycles. The molecule has 1 aliphatic heterocycles. The summed E-state index contributed by atoms with van der Waals surface area (Å²) in [6.45, 7) is 1.91. The highest BCUT2D eigenvalue weighted by Crippen LogP contribution is 2.36. The van der Waals surface area contributed by atoms with Crippen LogP contribution in [0.2, 0.25) is 5.02 Å². The fourth-order valence-corrected chi connectivity index (χ4v) is 4.31. The maximum Gasteiger partial charge on any atom is 0.339 e. The molecule has 2 aliphatic rings. The summed E-state index contributed by atoms with van der Waals surface area (Å²) in [6.07, 6.45) is 2.79. The Labute approximate surface area is 155 Å². The number of halogens is 1.